The Morgan fingerprint density at radius 1 is 1.17 bits per heavy atom. The number of esters is 1. The molecule has 8 nitrogen and oxygen atoms in total. The summed E-state index contributed by atoms with van der Waals surface area (Å²) in [4.78, 5) is 28.8. The van der Waals surface area contributed by atoms with Gasteiger partial charge in [0.15, 0.2) is 0 Å². The molecule has 0 radical (unpaired) electrons. The number of fused-ring (bicyclic) bond motifs is 1. The molecule has 1 aliphatic carbocycles. The highest BCUT2D eigenvalue weighted by atomic mass is 32.1. The number of methoxy groups -OCH3 is 3. The van der Waals surface area contributed by atoms with Crippen LogP contribution in [0.5, 0.6) is 11.5 Å². The molecule has 2 aromatic rings. The minimum atomic E-state index is -0.774. The number of likely N-dealkylation sites (tertiary alicyclic amines) is 1. The van der Waals surface area contributed by atoms with Gasteiger partial charge in [0.05, 0.1) is 39.0 Å². The Hall–Kier alpha value is -2.62. The van der Waals surface area contributed by atoms with Crippen molar-refractivity contribution in [3.8, 4) is 11.5 Å². The standard InChI is InChI=1S/C27H36N2O6S/c1-16-17(2)36-25(23(16)26(31)35-5)28-22(30)15-29-13-12-27(32)11-7-6-8-20(27)24(29)19-14-18(33-3)9-10-21(19)34-4/h9-10,14,20,24,32H,6-8,11-13,15H2,1-5H3,(H,28,30)/t20-,24-,27+/m0/s1. The number of carbonyl (C=O) groups is 2. The van der Waals surface area contributed by atoms with Gasteiger partial charge in [-0.1, -0.05) is 12.8 Å². The summed E-state index contributed by atoms with van der Waals surface area (Å²) < 4.78 is 16.2. The first-order chi connectivity index (χ1) is 17.2. The van der Waals surface area contributed by atoms with Crippen LogP contribution in [-0.2, 0) is 9.53 Å². The van der Waals surface area contributed by atoms with Crippen LogP contribution >= 0.6 is 11.3 Å². The third-order valence-corrected chi connectivity index (χ3v) is 8.92. The molecule has 2 N–H and O–H groups in total. The van der Waals surface area contributed by atoms with E-state index in [0.29, 0.717) is 35.0 Å². The van der Waals surface area contributed by atoms with Gasteiger partial charge in [-0.2, -0.15) is 0 Å². The Bertz CT molecular complexity index is 1130. The van der Waals surface area contributed by atoms with Crippen LogP contribution in [0, 0.1) is 19.8 Å². The summed E-state index contributed by atoms with van der Waals surface area (Å²) in [6, 6.07) is 5.47. The molecule has 3 atom stereocenters. The van der Waals surface area contributed by atoms with Gasteiger partial charge >= 0.3 is 5.97 Å². The fourth-order valence-electron chi connectivity index (χ4n) is 5.82. The van der Waals surface area contributed by atoms with E-state index in [1.54, 1.807) is 14.2 Å². The molecule has 2 heterocycles. The first-order valence-electron chi connectivity index (χ1n) is 12.4. The minimum Gasteiger partial charge on any atom is -0.497 e. The normalized spacial score (nSPS) is 24.1. The maximum absolute atomic E-state index is 13.3. The van der Waals surface area contributed by atoms with Gasteiger partial charge in [0.25, 0.3) is 0 Å². The van der Waals surface area contributed by atoms with Gasteiger partial charge in [0, 0.05) is 28.9 Å². The molecule has 1 aliphatic heterocycles. The quantitative estimate of drug-likeness (QED) is 0.524. The molecule has 196 valence electrons. The van der Waals surface area contributed by atoms with E-state index in [9.17, 15) is 14.7 Å². The monoisotopic (exact) mass is 516 g/mol. The minimum absolute atomic E-state index is 0.0364. The van der Waals surface area contributed by atoms with Crippen LogP contribution in [0.15, 0.2) is 18.2 Å². The number of hydrogen-bond donors (Lipinski definition) is 2. The first-order valence-corrected chi connectivity index (χ1v) is 13.2. The number of aliphatic hydroxyl groups is 1. The van der Waals surface area contributed by atoms with Crippen molar-refractivity contribution in [2.24, 2.45) is 5.92 Å². The van der Waals surface area contributed by atoms with Crippen molar-refractivity contribution in [1.29, 1.82) is 0 Å². The molecule has 1 saturated heterocycles. The lowest BCUT2D eigenvalue weighted by Gasteiger charge is -2.52. The number of hydrogen-bond acceptors (Lipinski definition) is 8. The number of nitrogens with one attached hydrogen (secondary N) is 1. The molecule has 1 saturated carbocycles. The SMILES string of the molecule is COC(=O)c1c(NC(=O)CN2CC[C@]3(O)CCCC[C@H]3[C@@H]2c2cc(OC)ccc2OC)sc(C)c1C. The Morgan fingerprint density at radius 2 is 1.94 bits per heavy atom. The predicted molar refractivity (Wildman–Crippen MR) is 139 cm³/mol. The van der Waals surface area contributed by atoms with Crippen LogP contribution in [0.3, 0.4) is 0 Å². The van der Waals surface area contributed by atoms with Gasteiger partial charge in [-0.25, -0.2) is 4.79 Å². The zero-order valence-electron chi connectivity index (χ0n) is 21.7. The molecule has 36 heavy (non-hydrogen) atoms. The number of carbonyl (C=O) groups excluding carboxylic acids is 2. The summed E-state index contributed by atoms with van der Waals surface area (Å²) in [5.41, 5.74) is 1.35. The highest BCUT2D eigenvalue weighted by molar-refractivity contribution is 7.16. The number of benzene rings is 1. The van der Waals surface area contributed by atoms with Gasteiger partial charge in [-0.15, -0.1) is 11.3 Å². The average Bonchev–Trinajstić information content (AvgIpc) is 3.15. The molecule has 9 heteroatoms. The van der Waals surface area contributed by atoms with Crippen molar-refractivity contribution in [2.75, 3.05) is 39.7 Å². The Labute approximate surface area is 216 Å². The molecule has 1 aromatic carbocycles. The van der Waals surface area contributed by atoms with E-state index in [-0.39, 0.29) is 24.4 Å². The fourth-order valence-corrected chi connectivity index (χ4v) is 6.88. The molecular formula is C27H36N2O6S. The molecule has 0 unspecified atom stereocenters. The predicted octanol–water partition coefficient (Wildman–Crippen LogP) is 4.48. The Kier molecular flexibility index (Phi) is 7.92. The van der Waals surface area contributed by atoms with Gasteiger partial charge in [0.1, 0.15) is 16.5 Å². The van der Waals surface area contributed by atoms with Gasteiger partial charge in [-0.05, 0) is 56.9 Å². The van der Waals surface area contributed by atoms with Crippen molar-refractivity contribution in [2.45, 2.75) is 57.6 Å². The van der Waals surface area contributed by atoms with Crippen LogP contribution in [0.1, 0.15) is 64.5 Å². The number of thiophene rings is 1. The zero-order valence-corrected chi connectivity index (χ0v) is 22.5. The highest BCUT2D eigenvalue weighted by Gasteiger charge is 2.50. The van der Waals surface area contributed by atoms with Crippen LogP contribution in [-0.4, -0.2) is 61.9 Å². The van der Waals surface area contributed by atoms with Crippen molar-refractivity contribution in [1.82, 2.24) is 4.90 Å². The summed E-state index contributed by atoms with van der Waals surface area (Å²) in [7, 11) is 4.60. The largest absolute Gasteiger partial charge is 0.497 e. The second-order valence-corrected chi connectivity index (χ2v) is 11.0. The molecule has 4 rings (SSSR count). The summed E-state index contributed by atoms with van der Waals surface area (Å²) in [5.74, 6) is 0.697. The third-order valence-electron chi connectivity index (χ3n) is 7.80. The number of piperidine rings is 1. The van der Waals surface area contributed by atoms with E-state index >= 15 is 0 Å². The molecule has 1 aromatic heterocycles. The molecule has 0 bridgehead atoms. The zero-order chi connectivity index (χ0) is 26.0. The molecule has 2 fully saturated rings. The molecule has 2 aliphatic rings. The van der Waals surface area contributed by atoms with Crippen LogP contribution in [0.4, 0.5) is 5.00 Å². The third kappa shape index (κ3) is 4.96. The van der Waals surface area contributed by atoms with Crippen LogP contribution in [0.25, 0.3) is 0 Å². The van der Waals surface area contributed by atoms with Crippen LogP contribution < -0.4 is 14.8 Å². The summed E-state index contributed by atoms with van der Waals surface area (Å²) in [6.07, 6.45) is 4.28. The number of amides is 1. The van der Waals surface area contributed by atoms with E-state index in [4.69, 9.17) is 14.2 Å². The number of nitrogens with zero attached hydrogens (tertiary/aromatic N) is 1. The van der Waals surface area contributed by atoms with E-state index in [2.05, 4.69) is 10.2 Å². The van der Waals surface area contributed by atoms with Gasteiger partial charge in [-0.3, -0.25) is 9.69 Å². The maximum Gasteiger partial charge on any atom is 0.341 e. The molecule has 1 amide bonds. The van der Waals surface area contributed by atoms with Crippen LogP contribution in [0.2, 0.25) is 0 Å². The maximum atomic E-state index is 13.3. The van der Waals surface area contributed by atoms with Crippen molar-refractivity contribution in [3.63, 3.8) is 0 Å². The summed E-state index contributed by atoms with van der Waals surface area (Å²) >= 11 is 1.37. The van der Waals surface area contributed by atoms with E-state index < -0.39 is 11.6 Å². The topological polar surface area (TPSA) is 97.3 Å². The molecular weight excluding hydrogens is 480 g/mol. The van der Waals surface area contributed by atoms with E-state index in [1.165, 1.54) is 18.4 Å². The fraction of sp³-hybridized carbons (Fsp3) is 0.556. The van der Waals surface area contributed by atoms with Gasteiger partial charge in [0.2, 0.25) is 5.91 Å². The second kappa shape index (κ2) is 10.8. The Morgan fingerprint density at radius 3 is 2.64 bits per heavy atom. The summed E-state index contributed by atoms with van der Waals surface area (Å²) in [6.45, 7) is 4.46. The first kappa shape index (κ1) is 26.4. The highest BCUT2D eigenvalue weighted by Crippen LogP contribution is 2.51. The van der Waals surface area contributed by atoms with Gasteiger partial charge < -0.3 is 24.6 Å². The lowest BCUT2D eigenvalue weighted by atomic mass is 9.66. The summed E-state index contributed by atoms with van der Waals surface area (Å²) in [5, 5.41) is 15.1. The van der Waals surface area contributed by atoms with E-state index in [1.807, 2.05) is 32.0 Å². The lowest BCUT2D eigenvalue weighted by molar-refractivity contribution is -0.135. The Balaban J connectivity index is 1.66. The van der Waals surface area contributed by atoms with E-state index in [0.717, 1.165) is 41.7 Å². The lowest BCUT2D eigenvalue weighted by Crippen LogP contribution is -2.56. The van der Waals surface area contributed by atoms with Crippen molar-refractivity contribution >= 4 is 28.2 Å². The van der Waals surface area contributed by atoms with Crippen molar-refractivity contribution in [3.05, 3.63) is 39.8 Å². The number of rotatable bonds is 7. The smallest absolute Gasteiger partial charge is 0.341 e. The number of aryl methyl sites for hydroxylation is 1. The number of anilines is 1. The van der Waals surface area contributed by atoms with Crippen molar-refractivity contribution < 1.29 is 28.9 Å². The second-order valence-electron chi connectivity index (χ2n) is 9.76. The molecule has 0 spiro atoms. The number of ether oxygens (including phenoxy) is 3. The average molecular weight is 517 g/mol.